The Morgan fingerprint density at radius 1 is 1.00 bits per heavy atom. The first-order valence-electron chi connectivity index (χ1n) is 7.36. The van der Waals surface area contributed by atoms with Crippen LogP contribution >= 0.6 is 12.2 Å². The van der Waals surface area contributed by atoms with Gasteiger partial charge in [-0.3, -0.25) is 5.10 Å². The topological polar surface area (TPSA) is 33.6 Å². The van der Waals surface area contributed by atoms with Crippen molar-refractivity contribution in [2.24, 2.45) is 7.05 Å². The lowest BCUT2D eigenvalue weighted by Gasteiger charge is -2.02. The molecule has 0 atom stereocenters. The lowest BCUT2D eigenvalue weighted by Crippen LogP contribution is -1.98. The van der Waals surface area contributed by atoms with Crippen molar-refractivity contribution in [1.82, 2.24) is 14.8 Å². The zero-order valence-corrected chi connectivity index (χ0v) is 12.7. The number of unbranched alkanes of at least 4 members (excludes halogenated alkanes) is 8. The molecule has 1 heterocycles. The summed E-state index contributed by atoms with van der Waals surface area (Å²) in [5, 5.41) is 7.06. The van der Waals surface area contributed by atoms with Gasteiger partial charge in [-0.15, -0.1) is 0 Å². The number of aromatic nitrogens is 3. The summed E-state index contributed by atoms with van der Waals surface area (Å²) in [7, 11) is 1.98. The maximum Gasteiger partial charge on any atom is 0.194 e. The first-order chi connectivity index (χ1) is 8.75. The summed E-state index contributed by atoms with van der Waals surface area (Å²) in [5.74, 6) is 1.09. The Kier molecular flexibility index (Phi) is 7.98. The van der Waals surface area contributed by atoms with Gasteiger partial charge in [-0.2, -0.15) is 5.10 Å². The van der Waals surface area contributed by atoms with E-state index < -0.39 is 0 Å². The highest BCUT2D eigenvalue weighted by molar-refractivity contribution is 7.71. The van der Waals surface area contributed by atoms with E-state index >= 15 is 0 Å². The zero-order valence-electron chi connectivity index (χ0n) is 11.9. The molecule has 0 saturated carbocycles. The molecular formula is C14H27N3S. The lowest BCUT2D eigenvalue weighted by atomic mass is 10.1. The molecule has 104 valence electrons. The minimum Gasteiger partial charge on any atom is -0.307 e. The molecule has 1 N–H and O–H groups in total. The van der Waals surface area contributed by atoms with Crippen LogP contribution in [0.2, 0.25) is 0 Å². The lowest BCUT2D eigenvalue weighted by molar-refractivity contribution is 0.559. The van der Waals surface area contributed by atoms with Crippen molar-refractivity contribution in [3.63, 3.8) is 0 Å². The normalized spacial score (nSPS) is 11.0. The zero-order chi connectivity index (χ0) is 13.2. The van der Waals surface area contributed by atoms with Gasteiger partial charge in [0.15, 0.2) is 4.77 Å². The second-order valence-electron chi connectivity index (χ2n) is 5.08. The van der Waals surface area contributed by atoms with Crippen LogP contribution in [0.4, 0.5) is 0 Å². The Morgan fingerprint density at radius 3 is 2.06 bits per heavy atom. The molecule has 0 amide bonds. The summed E-state index contributed by atoms with van der Waals surface area (Å²) in [6.07, 6.45) is 13.3. The van der Waals surface area contributed by atoms with Crippen LogP contribution in [0.3, 0.4) is 0 Å². The fourth-order valence-electron chi connectivity index (χ4n) is 2.20. The van der Waals surface area contributed by atoms with Gasteiger partial charge in [0, 0.05) is 13.5 Å². The van der Waals surface area contributed by atoms with Gasteiger partial charge in [-0.25, -0.2) is 0 Å². The van der Waals surface area contributed by atoms with Crippen molar-refractivity contribution in [2.45, 2.75) is 71.1 Å². The van der Waals surface area contributed by atoms with E-state index in [9.17, 15) is 0 Å². The third-order valence-corrected chi connectivity index (χ3v) is 3.84. The Balaban J connectivity index is 1.96. The predicted octanol–water partition coefficient (Wildman–Crippen LogP) is 4.55. The fraction of sp³-hybridized carbons (Fsp3) is 0.857. The van der Waals surface area contributed by atoms with Gasteiger partial charge in [0.2, 0.25) is 0 Å². The van der Waals surface area contributed by atoms with E-state index in [1.54, 1.807) is 0 Å². The number of H-pyrrole nitrogens is 1. The van der Waals surface area contributed by atoms with Crippen LogP contribution in [0, 0.1) is 4.77 Å². The second-order valence-corrected chi connectivity index (χ2v) is 5.47. The molecule has 0 unspecified atom stereocenters. The van der Waals surface area contributed by atoms with Crippen LogP contribution in [0.25, 0.3) is 0 Å². The molecule has 3 nitrogen and oxygen atoms in total. The van der Waals surface area contributed by atoms with Gasteiger partial charge < -0.3 is 4.57 Å². The Hall–Kier alpha value is -0.640. The molecular weight excluding hydrogens is 242 g/mol. The highest BCUT2D eigenvalue weighted by atomic mass is 32.1. The van der Waals surface area contributed by atoms with E-state index in [2.05, 4.69) is 17.1 Å². The predicted molar refractivity (Wildman–Crippen MR) is 79.3 cm³/mol. The van der Waals surface area contributed by atoms with Crippen molar-refractivity contribution in [3.8, 4) is 0 Å². The van der Waals surface area contributed by atoms with Gasteiger partial charge >= 0.3 is 0 Å². The van der Waals surface area contributed by atoms with Crippen LogP contribution in [0.1, 0.15) is 70.5 Å². The molecule has 0 aromatic carbocycles. The molecule has 0 fully saturated rings. The standard InChI is InChI=1S/C14H27N3S/c1-3-4-5-6-7-8-9-10-11-12-13-15-16-14(18)17(13)2/h3-12H2,1-2H3,(H,16,18). The number of aromatic amines is 1. The van der Waals surface area contributed by atoms with Gasteiger partial charge in [0.05, 0.1) is 0 Å². The molecule has 0 aliphatic rings. The summed E-state index contributed by atoms with van der Waals surface area (Å²) in [5.41, 5.74) is 0. The molecule has 1 aromatic rings. The molecule has 0 saturated heterocycles. The quantitative estimate of drug-likeness (QED) is 0.499. The molecule has 0 aliphatic heterocycles. The molecule has 1 aromatic heterocycles. The number of nitrogens with zero attached hydrogens (tertiary/aromatic N) is 2. The maximum atomic E-state index is 5.09. The average Bonchev–Trinajstić information content (AvgIpc) is 2.68. The fourth-order valence-corrected chi connectivity index (χ4v) is 2.35. The van der Waals surface area contributed by atoms with E-state index in [-0.39, 0.29) is 0 Å². The first-order valence-corrected chi connectivity index (χ1v) is 7.76. The minimum absolute atomic E-state index is 0.723. The van der Waals surface area contributed by atoms with Crippen molar-refractivity contribution in [2.75, 3.05) is 0 Å². The maximum absolute atomic E-state index is 5.09. The molecule has 0 spiro atoms. The van der Waals surface area contributed by atoms with Gasteiger partial charge in [-0.1, -0.05) is 58.3 Å². The molecule has 1 rings (SSSR count). The summed E-state index contributed by atoms with van der Waals surface area (Å²) in [6.45, 7) is 2.27. The van der Waals surface area contributed by atoms with Gasteiger partial charge in [0.25, 0.3) is 0 Å². The number of nitrogens with one attached hydrogen (secondary N) is 1. The summed E-state index contributed by atoms with van der Waals surface area (Å²) >= 11 is 5.09. The Morgan fingerprint density at radius 2 is 1.56 bits per heavy atom. The number of hydrogen-bond acceptors (Lipinski definition) is 2. The van der Waals surface area contributed by atoms with E-state index in [0.717, 1.165) is 17.0 Å². The van der Waals surface area contributed by atoms with Crippen molar-refractivity contribution >= 4 is 12.2 Å². The average molecular weight is 269 g/mol. The van der Waals surface area contributed by atoms with E-state index in [0.29, 0.717) is 0 Å². The molecule has 18 heavy (non-hydrogen) atoms. The van der Waals surface area contributed by atoms with E-state index in [1.165, 1.54) is 57.8 Å². The second kappa shape index (κ2) is 9.31. The van der Waals surface area contributed by atoms with Crippen LogP contribution in [0.5, 0.6) is 0 Å². The highest BCUT2D eigenvalue weighted by Gasteiger charge is 2.01. The summed E-state index contributed by atoms with van der Waals surface area (Å²) < 4.78 is 2.70. The number of rotatable bonds is 10. The van der Waals surface area contributed by atoms with Crippen LogP contribution < -0.4 is 0 Å². The van der Waals surface area contributed by atoms with Crippen molar-refractivity contribution in [1.29, 1.82) is 0 Å². The van der Waals surface area contributed by atoms with E-state index in [1.807, 2.05) is 11.6 Å². The van der Waals surface area contributed by atoms with Gasteiger partial charge in [0.1, 0.15) is 5.82 Å². The van der Waals surface area contributed by atoms with Crippen LogP contribution in [0.15, 0.2) is 0 Å². The van der Waals surface area contributed by atoms with Gasteiger partial charge in [-0.05, 0) is 18.6 Å². The molecule has 0 radical (unpaired) electrons. The highest BCUT2D eigenvalue weighted by Crippen LogP contribution is 2.11. The van der Waals surface area contributed by atoms with Crippen molar-refractivity contribution < 1.29 is 0 Å². The summed E-state index contributed by atoms with van der Waals surface area (Å²) in [4.78, 5) is 0. The number of hydrogen-bond donors (Lipinski definition) is 1. The minimum atomic E-state index is 0.723. The van der Waals surface area contributed by atoms with E-state index in [4.69, 9.17) is 12.2 Å². The first kappa shape index (κ1) is 15.4. The van der Waals surface area contributed by atoms with Crippen LogP contribution in [-0.2, 0) is 13.5 Å². The molecule has 4 heteroatoms. The number of aryl methyl sites for hydroxylation is 1. The SMILES string of the molecule is CCCCCCCCCCCc1n[nH]c(=S)n1C. The largest absolute Gasteiger partial charge is 0.307 e. The van der Waals surface area contributed by atoms with Crippen LogP contribution in [-0.4, -0.2) is 14.8 Å². The molecule has 0 aliphatic carbocycles. The third-order valence-electron chi connectivity index (χ3n) is 3.48. The Labute approximate surface area is 116 Å². The van der Waals surface area contributed by atoms with Crippen molar-refractivity contribution in [3.05, 3.63) is 10.6 Å². The third kappa shape index (κ3) is 5.80. The molecule has 0 bridgehead atoms. The monoisotopic (exact) mass is 269 g/mol. The smallest absolute Gasteiger partial charge is 0.194 e. The summed E-state index contributed by atoms with van der Waals surface area (Å²) in [6, 6.07) is 0. The Bertz CT molecular complexity index is 367.